The van der Waals surface area contributed by atoms with Crippen molar-refractivity contribution in [3.63, 3.8) is 0 Å². The highest BCUT2D eigenvalue weighted by molar-refractivity contribution is 5.93. The second-order valence-electron chi connectivity index (χ2n) is 7.16. The van der Waals surface area contributed by atoms with Crippen LogP contribution in [0, 0.1) is 0 Å². The number of benzene rings is 2. The first kappa shape index (κ1) is 21.1. The number of carbonyl (C=O) groups is 1. The molecule has 4 N–H and O–H groups in total. The number of methoxy groups -OCH3 is 1. The molecule has 0 fully saturated rings. The number of hydrogen-bond acceptors (Lipinski definition) is 6. The van der Waals surface area contributed by atoms with Crippen LogP contribution in [0.3, 0.4) is 0 Å². The van der Waals surface area contributed by atoms with Crippen LogP contribution >= 0.6 is 0 Å². The van der Waals surface area contributed by atoms with Gasteiger partial charge in [-0.1, -0.05) is 42.5 Å². The van der Waals surface area contributed by atoms with Gasteiger partial charge in [0.25, 0.3) is 5.91 Å². The van der Waals surface area contributed by atoms with Crippen LogP contribution in [-0.2, 0) is 13.1 Å². The van der Waals surface area contributed by atoms with Crippen LogP contribution in [0.15, 0.2) is 79.0 Å². The average molecular weight is 428 g/mol. The molecule has 0 saturated heterocycles. The van der Waals surface area contributed by atoms with Gasteiger partial charge in [-0.15, -0.1) is 0 Å². The number of nitrogens with two attached hydrogens (primary N) is 1. The first-order chi connectivity index (χ1) is 15.7. The zero-order chi connectivity index (χ0) is 22.3. The zero-order valence-electron chi connectivity index (χ0n) is 17.7. The van der Waals surface area contributed by atoms with Gasteiger partial charge in [0.15, 0.2) is 0 Å². The number of rotatable bonds is 8. The first-order valence-electron chi connectivity index (χ1n) is 10.1. The van der Waals surface area contributed by atoms with Crippen molar-refractivity contribution < 1.29 is 9.53 Å². The third-order valence-corrected chi connectivity index (χ3v) is 5.00. The molecule has 1 amide bonds. The van der Waals surface area contributed by atoms with Gasteiger partial charge >= 0.3 is 0 Å². The molecule has 162 valence electrons. The number of nitrogens with one attached hydrogen (secondary N) is 2. The first-order valence-corrected chi connectivity index (χ1v) is 10.1. The minimum atomic E-state index is -0.202. The molecule has 0 unspecified atom stereocenters. The van der Waals surface area contributed by atoms with Crippen LogP contribution < -0.4 is 21.3 Å². The van der Waals surface area contributed by atoms with E-state index < -0.39 is 0 Å². The van der Waals surface area contributed by atoms with Gasteiger partial charge in [-0.3, -0.25) is 9.48 Å². The molecule has 2 aromatic carbocycles. The van der Waals surface area contributed by atoms with Gasteiger partial charge in [0.05, 0.1) is 19.3 Å². The Balaban J connectivity index is 1.63. The Morgan fingerprint density at radius 1 is 1.03 bits per heavy atom. The van der Waals surface area contributed by atoms with Crippen molar-refractivity contribution in [1.29, 1.82) is 0 Å². The summed E-state index contributed by atoms with van der Waals surface area (Å²) >= 11 is 0. The van der Waals surface area contributed by atoms with Crippen molar-refractivity contribution in [2.24, 2.45) is 5.84 Å². The van der Waals surface area contributed by atoms with Crippen LogP contribution in [0.25, 0.3) is 11.3 Å². The van der Waals surface area contributed by atoms with Crippen LogP contribution in [0.1, 0.15) is 21.6 Å². The molecule has 4 rings (SSSR count). The number of pyridine rings is 1. The van der Waals surface area contributed by atoms with E-state index in [0.29, 0.717) is 30.3 Å². The van der Waals surface area contributed by atoms with Crippen molar-refractivity contribution in [2.75, 3.05) is 12.5 Å². The summed E-state index contributed by atoms with van der Waals surface area (Å²) in [5.41, 5.74) is 6.48. The molecule has 0 bridgehead atoms. The van der Waals surface area contributed by atoms with Gasteiger partial charge < -0.3 is 15.5 Å². The van der Waals surface area contributed by atoms with Gasteiger partial charge in [0.2, 0.25) is 0 Å². The van der Waals surface area contributed by atoms with Gasteiger partial charge in [-0.25, -0.2) is 10.8 Å². The number of aromatic nitrogens is 3. The highest BCUT2D eigenvalue weighted by Crippen LogP contribution is 2.22. The highest BCUT2D eigenvalue weighted by atomic mass is 16.5. The second-order valence-corrected chi connectivity index (χ2v) is 7.16. The number of nitrogen functional groups attached to an aromatic ring is 1. The lowest BCUT2D eigenvalue weighted by Crippen LogP contribution is -2.26. The molecule has 8 heteroatoms. The predicted octanol–water partition coefficient (Wildman–Crippen LogP) is 3.22. The minimum Gasteiger partial charge on any atom is -0.497 e. The molecule has 0 spiro atoms. The molecule has 2 aromatic heterocycles. The maximum absolute atomic E-state index is 13.1. The van der Waals surface area contributed by atoms with Crippen LogP contribution in [0.4, 0.5) is 5.82 Å². The number of ether oxygens (including phenoxy) is 1. The van der Waals surface area contributed by atoms with Gasteiger partial charge in [0, 0.05) is 18.3 Å². The lowest BCUT2D eigenvalue weighted by Gasteiger charge is -2.09. The standard InChI is InChI=1S/C24H24N6O2/c1-32-20-9-7-18(8-10-20)16-30-22(24(31)27-15-17-5-3-2-4-6-17)14-21(29-30)19-11-12-26-23(13-19)28-25/h2-14H,15-16,25H2,1H3,(H,26,28)(H,27,31). The van der Waals surface area contributed by atoms with Crippen LogP contribution in [0.5, 0.6) is 5.75 Å². The van der Waals surface area contributed by atoms with E-state index in [1.54, 1.807) is 30.1 Å². The molecule has 0 saturated carbocycles. The third kappa shape index (κ3) is 4.93. The Labute approximate surface area is 186 Å². The van der Waals surface area contributed by atoms with Crippen molar-refractivity contribution in [3.05, 3.63) is 95.8 Å². The van der Waals surface area contributed by atoms with Crippen molar-refractivity contribution >= 4 is 11.7 Å². The average Bonchev–Trinajstić information content (AvgIpc) is 3.27. The monoisotopic (exact) mass is 428 g/mol. The smallest absolute Gasteiger partial charge is 0.269 e. The minimum absolute atomic E-state index is 0.202. The van der Waals surface area contributed by atoms with E-state index in [4.69, 9.17) is 15.7 Å². The van der Waals surface area contributed by atoms with E-state index in [1.807, 2.05) is 60.7 Å². The summed E-state index contributed by atoms with van der Waals surface area (Å²) in [5, 5.41) is 7.68. The summed E-state index contributed by atoms with van der Waals surface area (Å²) in [4.78, 5) is 17.2. The second kappa shape index (κ2) is 9.76. The molecular formula is C24H24N6O2. The maximum Gasteiger partial charge on any atom is 0.269 e. The topological polar surface area (TPSA) is 107 Å². The Hall–Kier alpha value is -4.17. The van der Waals surface area contributed by atoms with Gasteiger partial charge in [0.1, 0.15) is 17.3 Å². The number of hydrogen-bond donors (Lipinski definition) is 3. The Kier molecular flexibility index (Phi) is 6.43. The summed E-state index contributed by atoms with van der Waals surface area (Å²) in [7, 11) is 1.63. The number of hydrazine groups is 1. The van der Waals surface area contributed by atoms with Crippen molar-refractivity contribution in [1.82, 2.24) is 20.1 Å². The van der Waals surface area contributed by atoms with E-state index in [2.05, 4.69) is 15.7 Å². The maximum atomic E-state index is 13.1. The Bertz CT molecular complexity index is 1190. The lowest BCUT2D eigenvalue weighted by atomic mass is 10.1. The van der Waals surface area contributed by atoms with Crippen molar-refractivity contribution in [3.8, 4) is 17.0 Å². The lowest BCUT2D eigenvalue weighted by molar-refractivity contribution is 0.0940. The third-order valence-electron chi connectivity index (χ3n) is 5.00. The highest BCUT2D eigenvalue weighted by Gasteiger charge is 2.17. The summed E-state index contributed by atoms with van der Waals surface area (Å²) < 4.78 is 6.93. The Morgan fingerprint density at radius 2 is 1.81 bits per heavy atom. The summed E-state index contributed by atoms with van der Waals surface area (Å²) in [6.45, 7) is 0.865. The van der Waals surface area contributed by atoms with Gasteiger partial charge in [-0.05, 0) is 41.5 Å². The summed E-state index contributed by atoms with van der Waals surface area (Å²) in [5.74, 6) is 6.58. The van der Waals surface area contributed by atoms with Crippen LogP contribution in [0.2, 0.25) is 0 Å². The van der Waals surface area contributed by atoms with E-state index in [-0.39, 0.29) is 5.91 Å². The van der Waals surface area contributed by atoms with E-state index in [0.717, 1.165) is 22.4 Å². The molecule has 4 aromatic rings. The molecule has 8 nitrogen and oxygen atoms in total. The summed E-state index contributed by atoms with van der Waals surface area (Å²) in [6, 6.07) is 22.8. The normalized spacial score (nSPS) is 10.6. The Morgan fingerprint density at radius 3 is 2.53 bits per heavy atom. The molecule has 0 aliphatic heterocycles. The van der Waals surface area contributed by atoms with E-state index in [1.165, 1.54) is 0 Å². The molecule has 0 atom stereocenters. The molecule has 2 heterocycles. The molecule has 32 heavy (non-hydrogen) atoms. The van der Waals surface area contributed by atoms with E-state index in [9.17, 15) is 4.79 Å². The predicted molar refractivity (Wildman–Crippen MR) is 123 cm³/mol. The molecule has 0 aliphatic rings. The largest absolute Gasteiger partial charge is 0.497 e. The fraction of sp³-hybridized carbons (Fsp3) is 0.125. The summed E-state index contributed by atoms with van der Waals surface area (Å²) in [6.07, 6.45) is 1.64. The fourth-order valence-electron chi connectivity index (χ4n) is 3.30. The number of amides is 1. The van der Waals surface area contributed by atoms with Gasteiger partial charge in [-0.2, -0.15) is 5.10 Å². The fourth-order valence-corrected chi connectivity index (χ4v) is 3.30. The molecule has 0 aliphatic carbocycles. The molecular weight excluding hydrogens is 404 g/mol. The SMILES string of the molecule is COc1ccc(Cn2nc(-c3ccnc(NN)c3)cc2C(=O)NCc2ccccc2)cc1. The zero-order valence-corrected chi connectivity index (χ0v) is 17.7. The van der Waals surface area contributed by atoms with Crippen molar-refractivity contribution in [2.45, 2.75) is 13.1 Å². The number of anilines is 1. The molecule has 0 radical (unpaired) electrons. The van der Waals surface area contributed by atoms with Crippen LogP contribution in [-0.4, -0.2) is 27.8 Å². The quantitative estimate of drug-likeness (QED) is 0.294. The number of nitrogens with zero attached hydrogens (tertiary/aromatic N) is 3. The van der Waals surface area contributed by atoms with E-state index >= 15 is 0 Å². The number of carbonyl (C=O) groups excluding carboxylic acids is 1.